The first-order valence-corrected chi connectivity index (χ1v) is 9.88. The molecule has 1 aromatic heterocycles. The summed E-state index contributed by atoms with van der Waals surface area (Å²) in [6.07, 6.45) is 2.26. The van der Waals surface area contributed by atoms with Gasteiger partial charge in [-0.15, -0.1) is 0 Å². The lowest BCUT2D eigenvalue weighted by atomic mass is 10.1. The van der Waals surface area contributed by atoms with Crippen molar-refractivity contribution in [3.63, 3.8) is 0 Å². The van der Waals surface area contributed by atoms with Gasteiger partial charge in [-0.3, -0.25) is 4.98 Å². The van der Waals surface area contributed by atoms with Crippen LogP contribution in [0.1, 0.15) is 38.9 Å². The third kappa shape index (κ3) is 6.65. The van der Waals surface area contributed by atoms with Crippen molar-refractivity contribution >= 4 is 14.8 Å². The van der Waals surface area contributed by atoms with Crippen LogP contribution >= 0.6 is 0 Å². The molecule has 7 nitrogen and oxygen atoms in total. The van der Waals surface area contributed by atoms with Crippen molar-refractivity contribution in [2.45, 2.75) is 39.3 Å². The van der Waals surface area contributed by atoms with E-state index >= 15 is 0 Å². The maximum atomic E-state index is 11.3. The van der Waals surface area contributed by atoms with E-state index in [-0.39, 0.29) is 6.04 Å². The number of amides is 2. The number of primary amides is 1. The van der Waals surface area contributed by atoms with E-state index < -0.39 is 14.8 Å². The van der Waals surface area contributed by atoms with E-state index in [4.69, 9.17) is 19.0 Å². The number of nitrogens with two attached hydrogens (primary N) is 1. The molecule has 0 aromatic carbocycles. The molecule has 0 radical (unpaired) electrons. The fraction of sp³-hybridized carbons (Fsp3) is 0.600. The zero-order valence-electron chi connectivity index (χ0n) is 14.1. The van der Waals surface area contributed by atoms with Crippen molar-refractivity contribution in [1.29, 1.82) is 0 Å². The van der Waals surface area contributed by atoms with Gasteiger partial charge in [0.2, 0.25) is 0 Å². The number of hydrogen-bond donors (Lipinski definition) is 2. The largest absolute Gasteiger partial charge is 0.501 e. The lowest BCUT2D eigenvalue weighted by molar-refractivity contribution is 0.0700. The van der Waals surface area contributed by atoms with Crippen LogP contribution in [0.4, 0.5) is 4.79 Å². The van der Waals surface area contributed by atoms with Crippen LogP contribution in [0, 0.1) is 0 Å². The quantitative estimate of drug-likeness (QED) is 0.602. The summed E-state index contributed by atoms with van der Waals surface area (Å²) in [5.41, 5.74) is 6.03. The van der Waals surface area contributed by atoms with Crippen LogP contribution in [0.5, 0.6) is 0 Å². The van der Waals surface area contributed by atoms with E-state index in [0.29, 0.717) is 32.3 Å². The molecule has 0 bridgehead atoms. The average molecular weight is 341 g/mol. The molecule has 0 saturated heterocycles. The first-order chi connectivity index (χ1) is 11.1. The molecule has 0 aliphatic heterocycles. The number of carbonyl (C=O) groups is 1. The Bertz CT molecular complexity index is 444. The molecule has 1 rings (SSSR count). The highest BCUT2D eigenvalue weighted by Gasteiger charge is 2.40. The van der Waals surface area contributed by atoms with Gasteiger partial charge in [0.15, 0.2) is 0 Å². The Morgan fingerprint density at radius 2 is 1.83 bits per heavy atom. The fourth-order valence-corrected chi connectivity index (χ4v) is 5.01. The summed E-state index contributed by atoms with van der Waals surface area (Å²) in [5.74, 6) is 0. The Kier molecular flexibility index (Phi) is 8.78. The van der Waals surface area contributed by atoms with Crippen LogP contribution in [-0.4, -0.2) is 39.6 Å². The summed E-state index contributed by atoms with van der Waals surface area (Å²) in [6, 6.07) is 5.23. The zero-order valence-corrected chi connectivity index (χ0v) is 15.1. The van der Waals surface area contributed by atoms with E-state index in [1.165, 1.54) is 0 Å². The minimum absolute atomic E-state index is 0.304. The standard InChI is InChI=1S/C15H27N3O4Si/c1-4-20-23(21-5-2,22-6-3)12-10-14(18-15(16)19)13-9-7-8-11-17-13/h7-9,11,14H,4-6,10,12H2,1-3H3,(H3,16,18,19). The van der Waals surface area contributed by atoms with Gasteiger partial charge in [0.25, 0.3) is 0 Å². The highest BCUT2D eigenvalue weighted by molar-refractivity contribution is 6.60. The van der Waals surface area contributed by atoms with Crippen molar-refractivity contribution in [2.24, 2.45) is 5.73 Å². The summed E-state index contributed by atoms with van der Waals surface area (Å²) < 4.78 is 17.5. The molecular formula is C15H27N3O4Si. The van der Waals surface area contributed by atoms with Gasteiger partial charge >= 0.3 is 14.8 Å². The molecule has 1 unspecified atom stereocenters. The topological polar surface area (TPSA) is 95.7 Å². The predicted molar refractivity (Wildman–Crippen MR) is 89.8 cm³/mol. The molecule has 0 aliphatic carbocycles. The number of hydrogen-bond acceptors (Lipinski definition) is 5. The second-order valence-corrected chi connectivity index (χ2v) is 7.57. The van der Waals surface area contributed by atoms with Crippen LogP contribution in [0.3, 0.4) is 0 Å². The van der Waals surface area contributed by atoms with E-state index in [9.17, 15) is 4.79 Å². The fourth-order valence-electron chi connectivity index (χ4n) is 2.37. The van der Waals surface area contributed by atoms with Crippen molar-refractivity contribution in [3.8, 4) is 0 Å². The van der Waals surface area contributed by atoms with Gasteiger partial charge in [-0.2, -0.15) is 0 Å². The van der Waals surface area contributed by atoms with Crippen LogP contribution in [0.25, 0.3) is 0 Å². The smallest absolute Gasteiger partial charge is 0.374 e. The lowest BCUT2D eigenvalue weighted by Gasteiger charge is -2.29. The number of aromatic nitrogens is 1. The Morgan fingerprint density at radius 3 is 2.26 bits per heavy atom. The van der Waals surface area contributed by atoms with Crippen LogP contribution in [-0.2, 0) is 13.3 Å². The van der Waals surface area contributed by atoms with Gasteiger partial charge in [0, 0.05) is 32.1 Å². The summed E-state index contributed by atoms with van der Waals surface area (Å²) >= 11 is 0. The Balaban J connectivity index is 2.85. The molecule has 8 heteroatoms. The number of pyridine rings is 1. The zero-order chi connectivity index (χ0) is 17.1. The molecular weight excluding hydrogens is 314 g/mol. The number of rotatable bonds is 11. The van der Waals surface area contributed by atoms with E-state index in [1.54, 1.807) is 6.20 Å². The molecule has 1 aromatic rings. The molecule has 130 valence electrons. The van der Waals surface area contributed by atoms with Crippen molar-refractivity contribution in [3.05, 3.63) is 30.1 Å². The summed E-state index contributed by atoms with van der Waals surface area (Å²) in [4.78, 5) is 15.6. The number of urea groups is 1. The third-order valence-electron chi connectivity index (χ3n) is 3.19. The SMILES string of the molecule is CCO[Si](CCC(NC(N)=O)c1ccccn1)(OCC)OCC. The summed E-state index contributed by atoms with van der Waals surface area (Å²) in [7, 11) is -2.76. The van der Waals surface area contributed by atoms with Gasteiger partial charge < -0.3 is 24.3 Å². The molecule has 0 spiro atoms. The van der Waals surface area contributed by atoms with Gasteiger partial charge in [-0.1, -0.05) is 6.07 Å². The predicted octanol–water partition coefficient (Wildman–Crippen LogP) is 2.23. The van der Waals surface area contributed by atoms with Crippen LogP contribution in [0.15, 0.2) is 24.4 Å². The molecule has 23 heavy (non-hydrogen) atoms. The minimum atomic E-state index is -2.76. The summed E-state index contributed by atoms with van der Waals surface area (Å²) in [5, 5.41) is 2.73. The Labute approximate surface area is 138 Å². The molecule has 1 atom stereocenters. The second-order valence-electron chi connectivity index (χ2n) is 4.84. The van der Waals surface area contributed by atoms with Crippen LogP contribution < -0.4 is 11.1 Å². The number of carbonyl (C=O) groups excluding carboxylic acids is 1. The van der Waals surface area contributed by atoms with Gasteiger partial charge in [0.05, 0.1) is 11.7 Å². The maximum absolute atomic E-state index is 11.3. The van der Waals surface area contributed by atoms with E-state index in [2.05, 4.69) is 10.3 Å². The van der Waals surface area contributed by atoms with Crippen molar-refractivity contribution in [2.75, 3.05) is 19.8 Å². The second kappa shape index (κ2) is 10.3. The van der Waals surface area contributed by atoms with E-state index in [0.717, 1.165) is 5.69 Å². The van der Waals surface area contributed by atoms with Gasteiger partial charge in [0.1, 0.15) is 0 Å². The minimum Gasteiger partial charge on any atom is -0.374 e. The third-order valence-corrected chi connectivity index (χ3v) is 6.28. The normalized spacial score (nSPS) is 12.8. The highest BCUT2D eigenvalue weighted by Crippen LogP contribution is 2.24. The molecule has 2 amide bonds. The van der Waals surface area contributed by atoms with Crippen molar-refractivity contribution in [1.82, 2.24) is 10.3 Å². The van der Waals surface area contributed by atoms with Crippen LogP contribution in [0.2, 0.25) is 6.04 Å². The first-order valence-electron chi connectivity index (χ1n) is 7.95. The first kappa shape index (κ1) is 19.6. The van der Waals surface area contributed by atoms with Gasteiger partial charge in [-0.05, 0) is 39.3 Å². The highest BCUT2D eigenvalue weighted by atomic mass is 28.4. The maximum Gasteiger partial charge on any atom is 0.501 e. The summed E-state index contributed by atoms with van der Waals surface area (Å²) in [6.45, 7) is 7.30. The molecule has 3 N–H and O–H groups in total. The Hall–Kier alpha value is -1.48. The average Bonchev–Trinajstić information content (AvgIpc) is 2.53. The Morgan fingerprint density at radius 1 is 1.22 bits per heavy atom. The number of nitrogens with zero attached hydrogens (tertiary/aromatic N) is 1. The molecule has 0 saturated carbocycles. The monoisotopic (exact) mass is 341 g/mol. The van der Waals surface area contributed by atoms with Gasteiger partial charge in [-0.25, -0.2) is 4.79 Å². The molecule has 0 fully saturated rings. The lowest BCUT2D eigenvalue weighted by Crippen LogP contribution is -2.47. The molecule has 1 heterocycles. The van der Waals surface area contributed by atoms with Crippen molar-refractivity contribution < 1.29 is 18.1 Å². The van der Waals surface area contributed by atoms with E-state index in [1.807, 2.05) is 39.0 Å². The molecule has 0 aliphatic rings. The number of nitrogens with one attached hydrogen (secondary N) is 1.